The number of aromatic nitrogens is 1. The Balaban J connectivity index is 1.68. The Kier molecular flexibility index (Phi) is 3.39. The molecular formula is C24H16BNO3. The van der Waals surface area contributed by atoms with Gasteiger partial charge in [0.1, 0.15) is 11.2 Å². The molecule has 0 spiro atoms. The standard InChI is InChI=1S/C24H16BNO3/c27-25(28)20-9-5-8-19-18-13-12-15(14-23(18)29-24(19)20)26-21-10-3-1-6-16(21)17-7-2-4-11-22(17)26/h1-14,27-28H. The van der Waals surface area contributed by atoms with E-state index in [0.29, 0.717) is 16.6 Å². The number of hydrogen-bond acceptors (Lipinski definition) is 3. The third kappa shape index (κ3) is 2.29. The number of hydrogen-bond donors (Lipinski definition) is 2. The summed E-state index contributed by atoms with van der Waals surface area (Å²) < 4.78 is 8.31. The van der Waals surface area contributed by atoms with Crippen LogP contribution >= 0.6 is 0 Å². The second kappa shape index (κ2) is 5.98. The van der Waals surface area contributed by atoms with Gasteiger partial charge in [0.2, 0.25) is 0 Å². The minimum absolute atomic E-state index is 0.372. The van der Waals surface area contributed by atoms with Gasteiger partial charge in [-0.05, 0) is 24.3 Å². The molecule has 0 saturated heterocycles. The third-order valence-corrected chi connectivity index (χ3v) is 5.63. The van der Waals surface area contributed by atoms with E-state index in [-0.39, 0.29) is 0 Å². The summed E-state index contributed by atoms with van der Waals surface area (Å²) >= 11 is 0. The van der Waals surface area contributed by atoms with Crippen molar-refractivity contribution in [3.63, 3.8) is 0 Å². The van der Waals surface area contributed by atoms with Crippen molar-refractivity contribution in [3.05, 3.63) is 84.9 Å². The van der Waals surface area contributed by atoms with Crippen molar-refractivity contribution in [3.8, 4) is 5.69 Å². The van der Waals surface area contributed by atoms with Gasteiger partial charge in [-0.2, -0.15) is 0 Å². The molecule has 0 amide bonds. The van der Waals surface area contributed by atoms with Crippen LogP contribution in [0.5, 0.6) is 0 Å². The summed E-state index contributed by atoms with van der Waals surface area (Å²) in [6.45, 7) is 0. The minimum atomic E-state index is -1.57. The molecule has 0 saturated carbocycles. The van der Waals surface area contributed by atoms with Gasteiger partial charge in [-0.1, -0.05) is 54.6 Å². The van der Waals surface area contributed by atoms with Crippen LogP contribution in [0.15, 0.2) is 89.3 Å². The van der Waals surface area contributed by atoms with Crippen molar-refractivity contribution in [1.82, 2.24) is 4.57 Å². The Hall–Kier alpha value is -3.54. The van der Waals surface area contributed by atoms with Crippen LogP contribution in [0.2, 0.25) is 0 Å². The van der Waals surface area contributed by atoms with Crippen molar-refractivity contribution in [2.45, 2.75) is 0 Å². The average molecular weight is 377 g/mol. The largest absolute Gasteiger partial charge is 0.492 e. The van der Waals surface area contributed by atoms with Crippen LogP contribution in [0.25, 0.3) is 49.4 Å². The maximum atomic E-state index is 9.68. The molecule has 4 aromatic carbocycles. The molecule has 0 radical (unpaired) electrons. The van der Waals surface area contributed by atoms with Gasteiger partial charge in [-0.15, -0.1) is 0 Å². The van der Waals surface area contributed by atoms with E-state index in [1.807, 2.05) is 36.4 Å². The zero-order chi connectivity index (χ0) is 19.5. The Labute approximate surface area is 166 Å². The quantitative estimate of drug-likeness (QED) is 0.441. The molecule has 4 nitrogen and oxygen atoms in total. The van der Waals surface area contributed by atoms with Crippen molar-refractivity contribution in [1.29, 1.82) is 0 Å². The Bertz CT molecular complexity index is 1490. The highest BCUT2D eigenvalue weighted by atomic mass is 16.4. The van der Waals surface area contributed by atoms with E-state index in [2.05, 4.69) is 47.0 Å². The smallest absolute Gasteiger partial charge is 0.456 e. The number of benzene rings is 4. The van der Waals surface area contributed by atoms with Crippen molar-refractivity contribution in [2.24, 2.45) is 0 Å². The van der Waals surface area contributed by atoms with Crippen LogP contribution in [-0.4, -0.2) is 21.7 Å². The normalized spacial score (nSPS) is 11.8. The van der Waals surface area contributed by atoms with E-state index >= 15 is 0 Å². The first-order valence-electron chi connectivity index (χ1n) is 9.52. The molecule has 5 heteroatoms. The Morgan fingerprint density at radius 2 is 1.31 bits per heavy atom. The highest BCUT2D eigenvalue weighted by molar-refractivity contribution is 6.61. The fraction of sp³-hybridized carbons (Fsp3) is 0. The fourth-order valence-electron chi connectivity index (χ4n) is 4.35. The predicted octanol–water partition coefficient (Wildman–Crippen LogP) is 4.36. The maximum absolute atomic E-state index is 9.68. The monoisotopic (exact) mass is 377 g/mol. The number of rotatable bonds is 2. The first kappa shape index (κ1) is 16.4. The van der Waals surface area contributed by atoms with Gasteiger partial charge < -0.3 is 19.0 Å². The summed E-state index contributed by atoms with van der Waals surface area (Å²) in [5.41, 5.74) is 4.87. The molecule has 0 aliphatic rings. The van der Waals surface area contributed by atoms with E-state index < -0.39 is 7.12 Å². The predicted molar refractivity (Wildman–Crippen MR) is 118 cm³/mol. The first-order chi connectivity index (χ1) is 14.2. The second-order valence-corrected chi connectivity index (χ2v) is 7.25. The van der Waals surface area contributed by atoms with Crippen molar-refractivity contribution < 1.29 is 14.5 Å². The number of fused-ring (bicyclic) bond motifs is 6. The lowest BCUT2D eigenvalue weighted by Crippen LogP contribution is -2.29. The molecule has 6 aromatic rings. The van der Waals surface area contributed by atoms with Gasteiger partial charge in [0, 0.05) is 38.8 Å². The molecule has 0 atom stereocenters. The Morgan fingerprint density at radius 3 is 2.00 bits per heavy atom. The molecule has 2 aromatic heterocycles. The van der Waals surface area contributed by atoms with E-state index in [4.69, 9.17) is 4.42 Å². The summed E-state index contributed by atoms with van der Waals surface area (Å²) in [5.74, 6) is 0. The van der Waals surface area contributed by atoms with Crippen LogP contribution in [-0.2, 0) is 0 Å². The summed E-state index contributed by atoms with van der Waals surface area (Å²) in [5, 5.41) is 23.6. The summed E-state index contributed by atoms with van der Waals surface area (Å²) in [7, 11) is -1.57. The van der Waals surface area contributed by atoms with Crippen LogP contribution in [0.4, 0.5) is 0 Å². The molecule has 0 fully saturated rings. The summed E-state index contributed by atoms with van der Waals surface area (Å²) in [4.78, 5) is 0. The zero-order valence-electron chi connectivity index (χ0n) is 15.4. The van der Waals surface area contributed by atoms with E-state index in [0.717, 1.165) is 27.5 Å². The highest BCUT2D eigenvalue weighted by Gasteiger charge is 2.20. The fourth-order valence-corrected chi connectivity index (χ4v) is 4.35. The molecule has 0 unspecified atom stereocenters. The highest BCUT2D eigenvalue weighted by Crippen LogP contribution is 2.34. The topological polar surface area (TPSA) is 58.5 Å². The van der Waals surface area contributed by atoms with Crippen LogP contribution in [0, 0.1) is 0 Å². The average Bonchev–Trinajstić information content (AvgIpc) is 3.28. The number of nitrogens with zero attached hydrogens (tertiary/aromatic N) is 1. The van der Waals surface area contributed by atoms with E-state index in [9.17, 15) is 10.0 Å². The number of furan rings is 1. The van der Waals surface area contributed by atoms with Crippen LogP contribution in [0.3, 0.4) is 0 Å². The molecule has 6 rings (SSSR count). The molecule has 0 aliphatic carbocycles. The molecule has 2 heterocycles. The van der Waals surface area contributed by atoms with Crippen LogP contribution in [0.1, 0.15) is 0 Å². The van der Waals surface area contributed by atoms with E-state index in [1.54, 1.807) is 6.07 Å². The first-order valence-corrected chi connectivity index (χ1v) is 9.52. The zero-order valence-corrected chi connectivity index (χ0v) is 15.4. The van der Waals surface area contributed by atoms with Gasteiger partial charge in [-0.3, -0.25) is 0 Å². The summed E-state index contributed by atoms with van der Waals surface area (Å²) in [6, 6.07) is 28.3. The van der Waals surface area contributed by atoms with Gasteiger partial charge >= 0.3 is 7.12 Å². The molecule has 0 bridgehead atoms. The SMILES string of the molecule is OB(O)c1cccc2c1oc1cc(-n3c4ccccc4c4ccccc43)ccc12. The maximum Gasteiger partial charge on any atom is 0.492 e. The molecule has 29 heavy (non-hydrogen) atoms. The van der Waals surface area contributed by atoms with Gasteiger partial charge in [0.15, 0.2) is 0 Å². The summed E-state index contributed by atoms with van der Waals surface area (Å²) in [6.07, 6.45) is 0. The molecule has 0 aliphatic heterocycles. The third-order valence-electron chi connectivity index (χ3n) is 5.63. The minimum Gasteiger partial charge on any atom is -0.456 e. The molecular weight excluding hydrogens is 361 g/mol. The number of para-hydroxylation sites is 3. The lowest BCUT2D eigenvalue weighted by atomic mass is 9.79. The van der Waals surface area contributed by atoms with E-state index in [1.165, 1.54) is 10.8 Å². The van der Waals surface area contributed by atoms with Crippen molar-refractivity contribution in [2.75, 3.05) is 0 Å². The Morgan fingerprint density at radius 1 is 0.655 bits per heavy atom. The van der Waals surface area contributed by atoms with Crippen LogP contribution < -0.4 is 5.46 Å². The second-order valence-electron chi connectivity index (χ2n) is 7.25. The van der Waals surface area contributed by atoms with Crippen molar-refractivity contribution >= 4 is 56.3 Å². The van der Waals surface area contributed by atoms with Gasteiger partial charge in [0.05, 0.1) is 11.0 Å². The lowest BCUT2D eigenvalue weighted by molar-refractivity contribution is 0.425. The molecule has 138 valence electrons. The lowest BCUT2D eigenvalue weighted by Gasteiger charge is -2.07. The van der Waals surface area contributed by atoms with Gasteiger partial charge in [0.25, 0.3) is 0 Å². The molecule has 2 N–H and O–H groups in total. The van der Waals surface area contributed by atoms with Gasteiger partial charge in [-0.25, -0.2) is 0 Å².